The summed E-state index contributed by atoms with van der Waals surface area (Å²) in [5, 5.41) is 10.9. The molecule has 2 aliphatic rings. The number of aromatic nitrogens is 3. The van der Waals surface area contributed by atoms with Crippen molar-refractivity contribution in [3.8, 4) is 11.1 Å². The van der Waals surface area contributed by atoms with Crippen molar-refractivity contribution < 1.29 is 13.6 Å². The Bertz CT molecular complexity index is 1080. The van der Waals surface area contributed by atoms with E-state index in [0.717, 1.165) is 40.4 Å². The molecule has 1 saturated carbocycles. The van der Waals surface area contributed by atoms with E-state index in [2.05, 4.69) is 20.5 Å². The first-order chi connectivity index (χ1) is 14.5. The molecule has 1 aliphatic carbocycles. The van der Waals surface area contributed by atoms with Gasteiger partial charge in [-0.2, -0.15) is 5.10 Å². The second-order valence-electron chi connectivity index (χ2n) is 8.29. The first kappa shape index (κ1) is 19.1. The maximum absolute atomic E-state index is 13.4. The van der Waals surface area contributed by atoms with Gasteiger partial charge in [0.2, 0.25) is 0 Å². The number of hydrogen-bond donors (Lipinski definition) is 2. The summed E-state index contributed by atoms with van der Waals surface area (Å²) in [7, 11) is 0. The number of H-pyrrole nitrogens is 1. The molecule has 0 atom stereocenters. The highest BCUT2D eigenvalue weighted by molar-refractivity contribution is 6.05. The van der Waals surface area contributed by atoms with Crippen molar-refractivity contribution in [2.75, 3.05) is 13.1 Å². The van der Waals surface area contributed by atoms with Crippen LogP contribution in [0.1, 0.15) is 41.7 Å². The number of nitrogens with one attached hydrogen (secondary N) is 2. The first-order valence-corrected chi connectivity index (χ1v) is 10.3. The maximum atomic E-state index is 13.4. The van der Waals surface area contributed by atoms with E-state index in [1.54, 1.807) is 12.4 Å². The van der Waals surface area contributed by atoms with Crippen LogP contribution in [0.2, 0.25) is 0 Å². The monoisotopic (exact) mass is 411 g/mol. The van der Waals surface area contributed by atoms with E-state index in [0.29, 0.717) is 25.3 Å². The van der Waals surface area contributed by atoms with Gasteiger partial charge in [0, 0.05) is 61.9 Å². The Morgan fingerprint density at radius 2 is 1.97 bits per heavy atom. The first-order valence-electron chi connectivity index (χ1n) is 10.3. The summed E-state index contributed by atoms with van der Waals surface area (Å²) < 4.78 is 26.8. The van der Waals surface area contributed by atoms with Gasteiger partial charge >= 0.3 is 0 Å². The number of benzene rings is 1. The van der Waals surface area contributed by atoms with Crippen LogP contribution < -0.4 is 5.32 Å². The minimum absolute atomic E-state index is 0.0943. The van der Waals surface area contributed by atoms with E-state index in [4.69, 9.17) is 0 Å². The molecule has 3 aromatic rings. The molecule has 1 aromatic carbocycles. The third kappa shape index (κ3) is 4.05. The summed E-state index contributed by atoms with van der Waals surface area (Å²) in [6, 6.07) is 8.12. The number of pyridine rings is 1. The van der Waals surface area contributed by atoms with Crippen LogP contribution in [0.15, 0.2) is 36.7 Å². The van der Waals surface area contributed by atoms with Crippen LogP contribution in [0.4, 0.5) is 8.78 Å². The van der Waals surface area contributed by atoms with Crippen molar-refractivity contribution in [1.29, 1.82) is 0 Å². The molecule has 1 saturated heterocycles. The van der Waals surface area contributed by atoms with Gasteiger partial charge in [0.15, 0.2) is 5.69 Å². The van der Waals surface area contributed by atoms with E-state index in [1.165, 1.54) is 0 Å². The van der Waals surface area contributed by atoms with E-state index >= 15 is 0 Å². The minimum atomic E-state index is -2.54. The Kier molecular flexibility index (Phi) is 4.73. The molecule has 6 nitrogen and oxygen atoms in total. The highest BCUT2D eigenvalue weighted by atomic mass is 19.3. The van der Waals surface area contributed by atoms with Gasteiger partial charge in [-0.05, 0) is 42.2 Å². The molecule has 0 unspecified atom stereocenters. The Morgan fingerprint density at radius 1 is 1.17 bits per heavy atom. The van der Waals surface area contributed by atoms with Gasteiger partial charge < -0.3 is 5.32 Å². The molecule has 1 aliphatic heterocycles. The summed E-state index contributed by atoms with van der Waals surface area (Å²) in [6.45, 7) is 1.37. The molecule has 2 N–H and O–H groups in total. The van der Waals surface area contributed by atoms with Crippen molar-refractivity contribution in [2.24, 2.45) is 0 Å². The lowest BCUT2D eigenvalue weighted by atomic mass is 10.0. The van der Waals surface area contributed by atoms with Crippen molar-refractivity contribution in [3.63, 3.8) is 0 Å². The molecule has 156 valence electrons. The lowest BCUT2D eigenvalue weighted by molar-refractivity contribution is -0.0566. The van der Waals surface area contributed by atoms with Gasteiger partial charge in [-0.25, -0.2) is 8.78 Å². The van der Waals surface area contributed by atoms with Gasteiger partial charge in [-0.15, -0.1) is 0 Å². The molecule has 2 fully saturated rings. The predicted molar refractivity (Wildman–Crippen MR) is 109 cm³/mol. The van der Waals surface area contributed by atoms with Crippen LogP contribution in [0, 0.1) is 0 Å². The fourth-order valence-electron chi connectivity index (χ4n) is 3.88. The van der Waals surface area contributed by atoms with E-state index < -0.39 is 5.92 Å². The number of likely N-dealkylation sites (tertiary alicyclic amines) is 1. The zero-order valence-electron chi connectivity index (χ0n) is 16.5. The highest BCUT2D eigenvalue weighted by Gasteiger charge is 2.33. The van der Waals surface area contributed by atoms with Crippen LogP contribution in [-0.2, 0) is 6.54 Å². The van der Waals surface area contributed by atoms with Gasteiger partial charge in [0.05, 0.1) is 5.52 Å². The lowest BCUT2D eigenvalue weighted by Gasteiger charge is -2.31. The molecule has 0 spiro atoms. The van der Waals surface area contributed by atoms with Crippen molar-refractivity contribution in [1.82, 2.24) is 25.4 Å². The predicted octanol–water partition coefficient (Wildman–Crippen LogP) is 3.75. The Hall–Kier alpha value is -2.87. The molecule has 2 aromatic heterocycles. The summed E-state index contributed by atoms with van der Waals surface area (Å²) in [5.41, 5.74) is 4.04. The second kappa shape index (κ2) is 7.43. The standard InChI is InChI=1S/C22H23F2N5O/c23-22(24)5-7-29(8-6-22)13-14-9-16(12-25-11-14)15-1-4-19-18(10-15)20(28-27-19)21(30)26-17-2-3-17/h1,4,9-12,17H,2-3,5-8,13H2,(H,26,30)(H,27,28). The van der Waals surface area contributed by atoms with Crippen molar-refractivity contribution in [3.05, 3.63) is 47.9 Å². The fourth-order valence-corrected chi connectivity index (χ4v) is 3.88. The number of rotatable bonds is 5. The molecule has 5 rings (SSSR count). The zero-order valence-corrected chi connectivity index (χ0v) is 16.5. The molecule has 8 heteroatoms. The Labute approximate surface area is 172 Å². The number of alkyl halides is 2. The van der Waals surface area contributed by atoms with E-state index in [-0.39, 0.29) is 24.8 Å². The van der Waals surface area contributed by atoms with Gasteiger partial charge in [0.1, 0.15) is 0 Å². The van der Waals surface area contributed by atoms with Crippen LogP contribution in [0.5, 0.6) is 0 Å². The van der Waals surface area contributed by atoms with Crippen LogP contribution in [-0.4, -0.2) is 51.0 Å². The Balaban J connectivity index is 1.37. The van der Waals surface area contributed by atoms with Crippen LogP contribution in [0.3, 0.4) is 0 Å². The summed E-state index contributed by atoms with van der Waals surface area (Å²) in [5.74, 6) is -2.70. The third-order valence-corrected chi connectivity index (χ3v) is 5.81. The minimum Gasteiger partial charge on any atom is -0.348 e. The maximum Gasteiger partial charge on any atom is 0.272 e. The number of halogens is 2. The van der Waals surface area contributed by atoms with Gasteiger partial charge in [0.25, 0.3) is 11.8 Å². The summed E-state index contributed by atoms with van der Waals surface area (Å²) >= 11 is 0. The number of fused-ring (bicyclic) bond motifs is 1. The highest BCUT2D eigenvalue weighted by Crippen LogP contribution is 2.30. The van der Waals surface area contributed by atoms with Crippen molar-refractivity contribution >= 4 is 16.8 Å². The average Bonchev–Trinajstić information content (AvgIpc) is 3.44. The smallest absolute Gasteiger partial charge is 0.272 e. The van der Waals surface area contributed by atoms with E-state index in [9.17, 15) is 13.6 Å². The number of carbonyl (C=O) groups excluding carboxylic acids is 1. The second-order valence-corrected chi connectivity index (χ2v) is 8.29. The molecule has 30 heavy (non-hydrogen) atoms. The van der Waals surface area contributed by atoms with E-state index in [1.807, 2.05) is 29.2 Å². The molecule has 0 bridgehead atoms. The SMILES string of the molecule is O=C(NC1CC1)c1n[nH]c2ccc(-c3cncc(CN4CCC(F)(F)CC4)c3)cc12. The number of amides is 1. The zero-order chi connectivity index (χ0) is 20.7. The molecule has 0 radical (unpaired) electrons. The molecule has 3 heterocycles. The van der Waals surface area contributed by atoms with Crippen molar-refractivity contribution in [2.45, 2.75) is 44.2 Å². The lowest BCUT2D eigenvalue weighted by Crippen LogP contribution is -2.38. The number of nitrogens with zero attached hydrogens (tertiary/aromatic N) is 3. The fraction of sp³-hybridized carbons (Fsp3) is 0.409. The summed E-state index contributed by atoms with van der Waals surface area (Å²) in [6.07, 6.45) is 5.41. The number of hydrogen-bond acceptors (Lipinski definition) is 4. The number of carbonyl (C=O) groups is 1. The Morgan fingerprint density at radius 3 is 2.73 bits per heavy atom. The van der Waals surface area contributed by atoms with Crippen LogP contribution in [0.25, 0.3) is 22.0 Å². The molecular weight excluding hydrogens is 388 g/mol. The largest absolute Gasteiger partial charge is 0.348 e. The summed E-state index contributed by atoms with van der Waals surface area (Å²) in [4.78, 5) is 18.9. The van der Waals surface area contributed by atoms with Crippen LogP contribution >= 0.6 is 0 Å². The number of aromatic amines is 1. The number of piperidine rings is 1. The quantitative estimate of drug-likeness (QED) is 0.671. The normalized spacial score (nSPS) is 19.1. The third-order valence-electron chi connectivity index (χ3n) is 5.81. The van der Waals surface area contributed by atoms with Gasteiger partial charge in [-0.3, -0.25) is 19.8 Å². The molecular formula is C22H23F2N5O. The van der Waals surface area contributed by atoms with Gasteiger partial charge in [-0.1, -0.05) is 6.07 Å². The topological polar surface area (TPSA) is 73.9 Å². The molecule has 1 amide bonds. The average molecular weight is 411 g/mol.